The number of anilines is 2. The van der Waals surface area contributed by atoms with Gasteiger partial charge in [0.2, 0.25) is 5.91 Å². The van der Waals surface area contributed by atoms with E-state index in [0.29, 0.717) is 17.1 Å². The Morgan fingerprint density at radius 1 is 1.30 bits per heavy atom. The van der Waals surface area contributed by atoms with E-state index in [2.05, 4.69) is 15.7 Å². The third-order valence-electron chi connectivity index (χ3n) is 4.74. The molecule has 3 aromatic rings. The second kappa shape index (κ2) is 7.66. The Morgan fingerprint density at radius 3 is 2.87 bits per heavy atom. The molecule has 0 aliphatic carbocycles. The van der Waals surface area contributed by atoms with Crippen LogP contribution in [0.4, 0.5) is 17.2 Å². The summed E-state index contributed by atoms with van der Waals surface area (Å²) in [6, 6.07) is 12.1. The van der Waals surface area contributed by atoms with Gasteiger partial charge in [-0.05, 0) is 23.8 Å². The highest BCUT2D eigenvalue weighted by atomic mass is 16.6. The standard InChI is InChI=1S/C20H17N5O5/c1-30-15-7-2-4-12(8-15)16-11-21-24-17(20(27)23-19(16)24)10-18(26)22-13-5-3-6-14(9-13)25(28)29/h2-9,11,17H,10H2,1H3,(H,22,26)(H,23,27). The molecule has 10 nitrogen and oxygen atoms in total. The Balaban J connectivity index is 1.53. The summed E-state index contributed by atoms with van der Waals surface area (Å²) in [5, 5.41) is 20.5. The van der Waals surface area contributed by atoms with Gasteiger partial charge in [0.1, 0.15) is 17.6 Å². The second-order valence-electron chi connectivity index (χ2n) is 6.65. The Labute approximate surface area is 170 Å². The van der Waals surface area contributed by atoms with E-state index in [1.165, 1.54) is 22.9 Å². The molecule has 4 rings (SSSR count). The normalized spacial score (nSPS) is 14.7. The van der Waals surface area contributed by atoms with Crippen molar-refractivity contribution in [2.75, 3.05) is 17.7 Å². The van der Waals surface area contributed by atoms with Gasteiger partial charge in [0.05, 0.1) is 24.7 Å². The van der Waals surface area contributed by atoms with Crippen LogP contribution in [0.1, 0.15) is 12.5 Å². The van der Waals surface area contributed by atoms with Crippen LogP contribution in [0.5, 0.6) is 5.75 Å². The fourth-order valence-electron chi connectivity index (χ4n) is 3.30. The number of fused-ring (bicyclic) bond motifs is 1. The van der Waals surface area contributed by atoms with Crippen LogP contribution < -0.4 is 15.4 Å². The van der Waals surface area contributed by atoms with E-state index in [0.717, 1.165) is 5.56 Å². The maximum absolute atomic E-state index is 12.5. The number of nitrogens with zero attached hydrogens (tertiary/aromatic N) is 3. The van der Waals surface area contributed by atoms with Crippen LogP contribution in [0, 0.1) is 10.1 Å². The average Bonchev–Trinajstić information content (AvgIpc) is 3.27. The van der Waals surface area contributed by atoms with E-state index >= 15 is 0 Å². The van der Waals surface area contributed by atoms with Crippen LogP contribution in [-0.2, 0) is 9.59 Å². The summed E-state index contributed by atoms with van der Waals surface area (Å²) in [7, 11) is 1.57. The van der Waals surface area contributed by atoms with Gasteiger partial charge in [-0.25, -0.2) is 4.68 Å². The fourth-order valence-corrected chi connectivity index (χ4v) is 3.30. The van der Waals surface area contributed by atoms with Crippen molar-refractivity contribution in [1.29, 1.82) is 0 Å². The number of nitro groups is 1. The SMILES string of the molecule is COc1cccc(-c2cnn3c2NC(=O)C3CC(=O)Nc2cccc([N+](=O)[O-])c2)c1. The lowest BCUT2D eigenvalue weighted by Crippen LogP contribution is -2.23. The number of non-ortho nitro benzene ring substituents is 1. The summed E-state index contributed by atoms with van der Waals surface area (Å²) in [6.07, 6.45) is 1.45. The molecule has 1 aliphatic rings. The quantitative estimate of drug-likeness (QED) is 0.477. The first kappa shape index (κ1) is 19.1. The number of nitrogens with one attached hydrogen (secondary N) is 2. The van der Waals surface area contributed by atoms with Crippen LogP contribution in [0.2, 0.25) is 0 Å². The van der Waals surface area contributed by atoms with Gasteiger partial charge < -0.3 is 15.4 Å². The molecular formula is C20H17N5O5. The zero-order valence-electron chi connectivity index (χ0n) is 15.9. The molecule has 2 heterocycles. The molecule has 2 N–H and O–H groups in total. The lowest BCUT2D eigenvalue weighted by molar-refractivity contribution is -0.384. The highest BCUT2D eigenvalue weighted by Gasteiger charge is 2.35. The smallest absolute Gasteiger partial charge is 0.271 e. The molecule has 0 bridgehead atoms. The van der Waals surface area contributed by atoms with Gasteiger partial charge in [0, 0.05) is 23.4 Å². The fraction of sp³-hybridized carbons (Fsp3) is 0.150. The summed E-state index contributed by atoms with van der Waals surface area (Å²) in [4.78, 5) is 35.2. The maximum Gasteiger partial charge on any atom is 0.271 e. The third-order valence-corrected chi connectivity index (χ3v) is 4.74. The number of carbonyl (C=O) groups excluding carboxylic acids is 2. The number of ether oxygens (including phenoxy) is 1. The van der Waals surface area contributed by atoms with Crippen LogP contribution in [0.25, 0.3) is 11.1 Å². The number of aromatic nitrogens is 2. The lowest BCUT2D eigenvalue weighted by Gasteiger charge is -2.09. The molecule has 1 atom stereocenters. The number of nitro benzene ring substituents is 1. The van der Waals surface area contributed by atoms with Crippen LogP contribution in [-0.4, -0.2) is 33.6 Å². The third kappa shape index (κ3) is 3.58. The topological polar surface area (TPSA) is 128 Å². The van der Waals surface area contributed by atoms with Crippen LogP contribution >= 0.6 is 0 Å². The first-order chi connectivity index (χ1) is 14.5. The molecule has 152 valence electrons. The molecule has 1 aliphatic heterocycles. The van der Waals surface area contributed by atoms with Crippen molar-refractivity contribution in [3.63, 3.8) is 0 Å². The molecule has 2 amide bonds. The Hall–Kier alpha value is -4.21. The Kier molecular flexibility index (Phi) is 4.88. The van der Waals surface area contributed by atoms with E-state index in [1.54, 1.807) is 19.4 Å². The highest BCUT2D eigenvalue weighted by Crippen LogP contribution is 2.36. The maximum atomic E-state index is 12.5. The summed E-state index contributed by atoms with van der Waals surface area (Å²) in [5.74, 6) is 0.365. The molecule has 30 heavy (non-hydrogen) atoms. The molecule has 10 heteroatoms. The molecule has 0 saturated carbocycles. The zero-order valence-corrected chi connectivity index (χ0v) is 15.9. The number of hydrogen-bond acceptors (Lipinski definition) is 6. The lowest BCUT2D eigenvalue weighted by atomic mass is 10.1. The Bertz CT molecular complexity index is 1160. The second-order valence-corrected chi connectivity index (χ2v) is 6.65. The Morgan fingerprint density at radius 2 is 2.10 bits per heavy atom. The van der Waals surface area contributed by atoms with E-state index in [9.17, 15) is 19.7 Å². The van der Waals surface area contributed by atoms with Gasteiger partial charge in [0.15, 0.2) is 0 Å². The van der Waals surface area contributed by atoms with Gasteiger partial charge in [-0.2, -0.15) is 5.10 Å². The molecule has 0 radical (unpaired) electrons. The van der Waals surface area contributed by atoms with Crippen molar-refractivity contribution in [2.45, 2.75) is 12.5 Å². The van der Waals surface area contributed by atoms with Crippen molar-refractivity contribution >= 4 is 29.0 Å². The predicted octanol–water partition coefficient (Wildman–Crippen LogP) is 2.99. The summed E-state index contributed by atoms with van der Waals surface area (Å²) in [6.45, 7) is 0. The van der Waals surface area contributed by atoms with E-state index in [4.69, 9.17) is 4.74 Å². The number of benzene rings is 2. The van der Waals surface area contributed by atoms with E-state index < -0.39 is 16.9 Å². The molecule has 1 aromatic heterocycles. The van der Waals surface area contributed by atoms with Crippen molar-refractivity contribution in [3.8, 4) is 16.9 Å². The van der Waals surface area contributed by atoms with Crippen LogP contribution in [0.3, 0.4) is 0 Å². The van der Waals surface area contributed by atoms with Gasteiger partial charge in [-0.3, -0.25) is 19.7 Å². The monoisotopic (exact) mass is 407 g/mol. The molecule has 1 unspecified atom stereocenters. The number of methoxy groups -OCH3 is 1. The van der Waals surface area contributed by atoms with Gasteiger partial charge >= 0.3 is 0 Å². The molecule has 0 spiro atoms. The number of amides is 2. The van der Waals surface area contributed by atoms with Crippen LogP contribution in [0.15, 0.2) is 54.7 Å². The summed E-state index contributed by atoms with van der Waals surface area (Å²) < 4.78 is 6.71. The summed E-state index contributed by atoms with van der Waals surface area (Å²) >= 11 is 0. The first-order valence-corrected chi connectivity index (χ1v) is 9.03. The van der Waals surface area contributed by atoms with Crippen molar-refractivity contribution in [1.82, 2.24) is 9.78 Å². The van der Waals surface area contributed by atoms with E-state index in [-0.39, 0.29) is 23.7 Å². The van der Waals surface area contributed by atoms with E-state index in [1.807, 2.05) is 24.3 Å². The van der Waals surface area contributed by atoms with Crippen molar-refractivity contribution < 1.29 is 19.2 Å². The number of hydrogen-bond donors (Lipinski definition) is 2. The minimum atomic E-state index is -0.821. The minimum Gasteiger partial charge on any atom is -0.497 e. The van der Waals surface area contributed by atoms with Gasteiger partial charge in [-0.15, -0.1) is 0 Å². The zero-order chi connectivity index (χ0) is 21.3. The molecular weight excluding hydrogens is 390 g/mol. The molecule has 0 saturated heterocycles. The van der Waals surface area contributed by atoms with Gasteiger partial charge in [-0.1, -0.05) is 18.2 Å². The van der Waals surface area contributed by atoms with Crippen molar-refractivity contribution in [3.05, 3.63) is 64.8 Å². The highest BCUT2D eigenvalue weighted by molar-refractivity contribution is 6.04. The molecule has 0 fully saturated rings. The first-order valence-electron chi connectivity index (χ1n) is 9.03. The predicted molar refractivity (Wildman–Crippen MR) is 108 cm³/mol. The van der Waals surface area contributed by atoms with Gasteiger partial charge in [0.25, 0.3) is 11.6 Å². The average molecular weight is 407 g/mol. The van der Waals surface area contributed by atoms with Crippen molar-refractivity contribution in [2.24, 2.45) is 0 Å². The largest absolute Gasteiger partial charge is 0.497 e. The minimum absolute atomic E-state index is 0.135. The number of rotatable bonds is 6. The summed E-state index contributed by atoms with van der Waals surface area (Å²) in [5.41, 5.74) is 1.68. The molecule has 2 aromatic carbocycles. The number of carbonyl (C=O) groups is 2.